The van der Waals surface area contributed by atoms with Crippen LogP contribution in [0.3, 0.4) is 0 Å². The van der Waals surface area contributed by atoms with Gasteiger partial charge in [-0.05, 0) is 25.8 Å². The molecule has 1 heterocycles. The standard InChI is InChI=1S/C9H16N4/c1-3-8(4-1)10-6-2-5-9-11-7-12-13-9/h7-8,10H,1-6H2,(H,11,12,13). The summed E-state index contributed by atoms with van der Waals surface area (Å²) in [4.78, 5) is 4.07. The summed E-state index contributed by atoms with van der Waals surface area (Å²) in [5.74, 6) is 0.996. The minimum absolute atomic E-state index is 0.801. The summed E-state index contributed by atoms with van der Waals surface area (Å²) in [6.45, 7) is 1.10. The first kappa shape index (κ1) is 8.69. The Hall–Kier alpha value is -0.900. The lowest BCUT2D eigenvalue weighted by atomic mass is 9.93. The van der Waals surface area contributed by atoms with E-state index in [-0.39, 0.29) is 0 Å². The van der Waals surface area contributed by atoms with E-state index in [2.05, 4.69) is 20.5 Å². The highest BCUT2D eigenvalue weighted by atomic mass is 15.2. The van der Waals surface area contributed by atoms with Gasteiger partial charge >= 0.3 is 0 Å². The Morgan fingerprint density at radius 3 is 3.08 bits per heavy atom. The predicted molar refractivity (Wildman–Crippen MR) is 50.3 cm³/mol. The first-order valence-corrected chi connectivity index (χ1v) is 5.03. The number of aryl methyl sites for hydroxylation is 1. The maximum atomic E-state index is 4.07. The first-order chi connectivity index (χ1) is 6.45. The lowest BCUT2D eigenvalue weighted by molar-refractivity contribution is 0.338. The predicted octanol–water partition coefficient (Wildman–Crippen LogP) is 0.879. The molecule has 0 radical (unpaired) electrons. The fraction of sp³-hybridized carbons (Fsp3) is 0.778. The summed E-state index contributed by atoms with van der Waals surface area (Å²) in [6.07, 6.45) is 7.84. The molecular weight excluding hydrogens is 164 g/mol. The Morgan fingerprint density at radius 2 is 2.46 bits per heavy atom. The molecule has 1 saturated carbocycles. The van der Waals surface area contributed by atoms with Gasteiger partial charge in [-0.25, -0.2) is 4.98 Å². The van der Waals surface area contributed by atoms with Crippen LogP contribution in [0, 0.1) is 0 Å². The summed E-state index contributed by atoms with van der Waals surface area (Å²) >= 11 is 0. The third kappa shape index (κ3) is 2.52. The fourth-order valence-corrected chi connectivity index (χ4v) is 1.53. The van der Waals surface area contributed by atoms with Crippen molar-refractivity contribution in [3.05, 3.63) is 12.2 Å². The number of hydrogen-bond donors (Lipinski definition) is 2. The van der Waals surface area contributed by atoms with Crippen molar-refractivity contribution in [2.45, 2.75) is 38.1 Å². The third-order valence-corrected chi connectivity index (χ3v) is 2.59. The van der Waals surface area contributed by atoms with Crippen molar-refractivity contribution in [1.82, 2.24) is 20.5 Å². The average Bonchev–Trinajstić information content (AvgIpc) is 2.53. The number of aromatic nitrogens is 3. The Bertz CT molecular complexity index is 228. The van der Waals surface area contributed by atoms with Crippen LogP contribution >= 0.6 is 0 Å². The zero-order valence-electron chi connectivity index (χ0n) is 7.79. The van der Waals surface area contributed by atoms with Crippen LogP contribution in [0.25, 0.3) is 0 Å². The molecule has 0 aromatic carbocycles. The number of rotatable bonds is 5. The SMILES string of the molecule is c1n[nH]c(CCCNC2CCC2)n1. The number of aromatic amines is 1. The second-order valence-corrected chi connectivity index (χ2v) is 3.62. The molecule has 2 rings (SSSR count). The highest BCUT2D eigenvalue weighted by Crippen LogP contribution is 2.17. The van der Waals surface area contributed by atoms with Crippen molar-refractivity contribution in [3.8, 4) is 0 Å². The quantitative estimate of drug-likeness (QED) is 0.661. The number of nitrogens with one attached hydrogen (secondary N) is 2. The van der Waals surface area contributed by atoms with E-state index < -0.39 is 0 Å². The molecule has 0 unspecified atom stereocenters. The van der Waals surface area contributed by atoms with Gasteiger partial charge in [0.1, 0.15) is 12.2 Å². The molecule has 0 saturated heterocycles. The Balaban J connectivity index is 1.53. The smallest absolute Gasteiger partial charge is 0.137 e. The highest BCUT2D eigenvalue weighted by Gasteiger charge is 2.15. The molecule has 4 nitrogen and oxygen atoms in total. The molecule has 1 aliphatic rings. The molecule has 13 heavy (non-hydrogen) atoms. The molecule has 72 valence electrons. The molecule has 4 heteroatoms. The molecule has 0 spiro atoms. The minimum Gasteiger partial charge on any atom is -0.314 e. The van der Waals surface area contributed by atoms with E-state index in [1.54, 1.807) is 6.33 Å². The number of hydrogen-bond acceptors (Lipinski definition) is 3. The highest BCUT2D eigenvalue weighted by molar-refractivity contribution is 4.81. The van der Waals surface area contributed by atoms with E-state index in [0.29, 0.717) is 0 Å². The van der Waals surface area contributed by atoms with Crippen LogP contribution in [0.1, 0.15) is 31.5 Å². The summed E-state index contributed by atoms with van der Waals surface area (Å²) in [5.41, 5.74) is 0. The van der Waals surface area contributed by atoms with E-state index in [4.69, 9.17) is 0 Å². The first-order valence-electron chi connectivity index (χ1n) is 5.03. The second kappa shape index (κ2) is 4.37. The molecule has 0 bridgehead atoms. The molecule has 1 fully saturated rings. The molecule has 2 N–H and O–H groups in total. The summed E-state index contributed by atoms with van der Waals surface area (Å²) in [6, 6.07) is 0.801. The maximum Gasteiger partial charge on any atom is 0.137 e. The number of nitrogens with zero attached hydrogens (tertiary/aromatic N) is 2. The van der Waals surface area contributed by atoms with Gasteiger partial charge in [0.2, 0.25) is 0 Å². The lowest BCUT2D eigenvalue weighted by Crippen LogP contribution is -2.35. The molecule has 0 amide bonds. The van der Waals surface area contributed by atoms with Crippen LogP contribution < -0.4 is 5.32 Å². The normalized spacial score (nSPS) is 17.2. The van der Waals surface area contributed by atoms with Crippen LogP contribution in [0.15, 0.2) is 6.33 Å². The average molecular weight is 180 g/mol. The van der Waals surface area contributed by atoms with Crippen LogP contribution in [0.2, 0.25) is 0 Å². The third-order valence-electron chi connectivity index (χ3n) is 2.59. The van der Waals surface area contributed by atoms with Crippen molar-refractivity contribution < 1.29 is 0 Å². The Labute approximate surface area is 78.1 Å². The fourth-order valence-electron chi connectivity index (χ4n) is 1.53. The van der Waals surface area contributed by atoms with Gasteiger partial charge in [-0.15, -0.1) is 0 Å². The van der Waals surface area contributed by atoms with Crippen LogP contribution in [-0.2, 0) is 6.42 Å². The summed E-state index contributed by atoms with van der Waals surface area (Å²) in [7, 11) is 0. The molecular formula is C9H16N4. The topological polar surface area (TPSA) is 53.6 Å². The van der Waals surface area contributed by atoms with E-state index in [1.165, 1.54) is 19.3 Å². The molecule has 0 atom stereocenters. The van der Waals surface area contributed by atoms with Gasteiger partial charge < -0.3 is 5.32 Å². The van der Waals surface area contributed by atoms with Gasteiger partial charge in [0, 0.05) is 12.5 Å². The Kier molecular flexibility index (Phi) is 2.92. The van der Waals surface area contributed by atoms with Crippen molar-refractivity contribution in [1.29, 1.82) is 0 Å². The monoisotopic (exact) mass is 180 g/mol. The van der Waals surface area contributed by atoms with Gasteiger partial charge in [0.15, 0.2) is 0 Å². The minimum atomic E-state index is 0.801. The van der Waals surface area contributed by atoms with Gasteiger partial charge in [-0.2, -0.15) is 5.10 Å². The molecule has 0 aliphatic heterocycles. The van der Waals surface area contributed by atoms with Gasteiger partial charge in [0.25, 0.3) is 0 Å². The van der Waals surface area contributed by atoms with E-state index in [0.717, 1.165) is 31.3 Å². The zero-order chi connectivity index (χ0) is 8.93. The van der Waals surface area contributed by atoms with Crippen LogP contribution in [0.5, 0.6) is 0 Å². The molecule has 1 aliphatic carbocycles. The largest absolute Gasteiger partial charge is 0.314 e. The number of H-pyrrole nitrogens is 1. The van der Waals surface area contributed by atoms with E-state index in [1.807, 2.05) is 0 Å². The van der Waals surface area contributed by atoms with E-state index in [9.17, 15) is 0 Å². The van der Waals surface area contributed by atoms with Crippen molar-refractivity contribution >= 4 is 0 Å². The zero-order valence-corrected chi connectivity index (χ0v) is 7.79. The van der Waals surface area contributed by atoms with E-state index >= 15 is 0 Å². The van der Waals surface area contributed by atoms with Gasteiger partial charge in [-0.1, -0.05) is 6.42 Å². The maximum absolute atomic E-state index is 4.07. The Morgan fingerprint density at radius 1 is 1.54 bits per heavy atom. The van der Waals surface area contributed by atoms with Crippen LogP contribution in [0.4, 0.5) is 0 Å². The van der Waals surface area contributed by atoms with Crippen molar-refractivity contribution in [2.75, 3.05) is 6.54 Å². The van der Waals surface area contributed by atoms with Crippen LogP contribution in [-0.4, -0.2) is 27.8 Å². The molecule has 1 aromatic rings. The van der Waals surface area contributed by atoms with Gasteiger partial charge in [-0.3, -0.25) is 5.10 Å². The summed E-state index contributed by atoms with van der Waals surface area (Å²) < 4.78 is 0. The molecule has 1 aromatic heterocycles. The lowest BCUT2D eigenvalue weighted by Gasteiger charge is -2.26. The van der Waals surface area contributed by atoms with Crippen molar-refractivity contribution in [3.63, 3.8) is 0 Å². The van der Waals surface area contributed by atoms with Crippen molar-refractivity contribution in [2.24, 2.45) is 0 Å². The summed E-state index contributed by atoms with van der Waals surface area (Å²) in [5, 5.41) is 10.2. The van der Waals surface area contributed by atoms with Gasteiger partial charge in [0.05, 0.1) is 0 Å². The second-order valence-electron chi connectivity index (χ2n) is 3.62.